The Morgan fingerprint density at radius 3 is 2.68 bits per heavy atom. The first kappa shape index (κ1) is 13.3. The predicted octanol–water partition coefficient (Wildman–Crippen LogP) is 3.04. The highest BCUT2D eigenvalue weighted by Crippen LogP contribution is 2.17. The second kappa shape index (κ2) is 5.69. The average molecular weight is 258 g/mol. The number of aryl methyl sites for hydroxylation is 2. The molecule has 100 valence electrons. The number of hydrogen-bond acceptors (Lipinski definition) is 3. The molecule has 0 spiro atoms. The molecule has 2 aromatic rings. The Morgan fingerprint density at radius 2 is 2.05 bits per heavy atom. The monoisotopic (exact) mass is 258 g/mol. The summed E-state index contributed by atoms with van der Waals surface area (Å²) in [6, 6.07) is 9.81. The van der Waals surface area contributed by atoms with Crippen molar-refractivity contribution < 1.29 is 9.32 Å². The molecule has 1 aromatic heterocycles. The Labute approximate surface area is 112 Å². The van der Waals surface area contributed by atoms with Crippen LogP contribution in [0.4, 0.5) is 0 Å². The first-order chi connectivity index (χ1) is 9.13. The van der Waals surface area contributed by atoms with Crippen molar-refractivity contribution in [3.05, 3.63) is 52.9 Å². The van der Waals surface area contributed by atoms with E-state index < -0.39 is 0 Å². The average Bonchev–Trinajstić information content (AvgIpc) is 2.80. The van der Waals surface area contributed by atoms with E-state index in [0.29, 0.717) is 23.4 Å². The molecule has 4 heteroatoms. The number of nitrogens with zero attached hydrogens (tertiary/aromatic N) is 1. The van der Waals surface area contributed by atoms with Crippen LogP contribution in [-0.2, 0) is 6.42 Å². The highest BCUT2D eigenvalue weighted by molar-refractivity contribution is 5.96. The highest BCUT2D eigenvalue weighted by Gasteiger charge is 2.20. The van der Waals surface area contributed by atoms with Gasteiger partial charge in [-0.3, -0.25) is 4.79 Å². The summed E-state index contributed by atoms with van der Waals surface area (Å²) in [5.74, 6) is 0.432. The number of rotatable bonds is 4. The minimum atomic E-state index is -0.132. The molecular weight excluding hydrogens is 240 g/mol. The molecule has 1 amide bonds. The van der Waals surface area contributed by atoms with Crippen molar-refractivity contribution >= 4 is 5.91 Å². The Hall–Kier alpha value is -2.10. The summed E-state index contributed by atoms with van der Waals surface area (Å²) in [7, 11) is 0. The van der Waals surface area contributed by atoms with Crippen molar-refractivity contribution in [3.8, 4) is 0 Å². The number of nitrogens with one attached hydrogen (secondary N) is 1. The van der Waals surface area contributed by atoms with E-state index in [0.717, 1.165) is 5.56 Å². The van der Waals surface area contributed by atoms with Crippen LogP contribution in [0, 0.1) is 6.92 Å². The van der Waals surface area contributed by atoms with Crippen LogP contribution in [0.5, 0.6) is 0 Å². The molecule has 0 aliphatic rings. The number of carbonyl (C=O) groups is 1. The van der Waals surface area contributed by atoms with Crippen molar-refractivity contribution in [3.63, 3.8) is 0 Å². The second-order valence-corrected chi connectivity index (χ2v) is 4.52. The molecule has 0 unspecified atom stereocenters. The van der Waals surface area contributed by atoms with Crippen LogP contribution in [-0.4, -0.2) is 11.1 Å². The molecule has 4 nitrogen and oxygen atoms in total. The molecule has 19 heavy (non-hydrogen) atoms. The van der Waals surface area contributed by atoms with Gasteiger partial charge in [-0.1, -0.05) is 42.4 Å². The molecule has 1 heterocycles. The van der Waals surface area contributed by atoms with Gasteiger partial charge in [0, 0.05) is 0 Å². The molecule has 2 rings (SSSR count). The quantitative estimate of drug-likeness (QED) is 0.917. The van der Waals surface area contributed by atoms with E-state index in [4.69, 9.17) is 4.52 Å². The lowest BCUT2D eigenvalue weighted by molar-refractivity contribution is 0.0937. The van der Waals surface area contributed by atoms with E-state index in [1.807, 2.05) is 44.2 Å². The standard InChI is InChI=1S/C15H18N2O2/c1-4-13-14(11(3)19-17-13)15(18)16-10(2)12-8-6-5-7-9-12/h5-10H,4H2,1-3H3,(H,16,18)/t10-/m0/s1. The number of carbonyl (C=O) groups excluding carboxylic acids is 1. The second-order valence-electron chi connectivity index (χ2n) is 4.52. The molecule has 0 aliphatic carbocycles. The lowest BCUT2D eigenvalue weighted by Gasteiger charge is -2.14. The van der Waals surface area contributed by atoms with Gasteiger partial charge in [0.05, 0.1) is 11.7 Å². The number of amides is 1. The number of benzene rings is 1. The topological polar surface area (TPSA) is 55.1 Å². The fourth-order valence-corrected chi connectivity index (χ4v) is 2.04. The van der Waals surface area contributed by atoms with Crippen LogP contribution < -0.4 is 5.32 Å². The van der Waals surface area contributed by atoms with E-state index in [1.165, 1.54) is 0 Å². The SMILES string of the molecule is CCc1noc(C)c1C(=O)N[C@@H](C)c1ccccc1. The van der Waals surface area contributed by atoms with E-state index in [-0.39, 0.29) is 11.9 Å². The zero-order valence-electron chi connectivity index (χ0n) is 11.4. The number of hydrogen-bond donors (Lipinski definition) is 1. The lowest BCUT2D eigenvalue weighted by atomic mass is 10.1. The molecule has 0 bridgehead atoms. The van der Waals surface area contributed by atoms with Crippen LogP contribution in [0.2, 0.25) is 0 Å². The molecule has 1 aromatic carbocycles. The first-order valence-corrected chi connectivity index (χ1v) is 6.44. The van der Waals surface area contributed by atoms with Gasteiger partial charge >= 0.3 is 0 Å². The van der Waals surface area contributed by atoms with Gasteiger partial charge in [0.25, 0.3) is 5.91 Å². The van der Waals surface area contributed by atoms with E-state index >= 15 is 0 Å². The van der Waals surface area contributed by atoms with Gasteiger partial charge in [-0.05, 0) is 25.8 Å². The third-order valence-corrected chi connectivity index (χ3v) is 3.14. The summed E-state index contributed by atoms with van der Waals surface area (Å²) in [6.07, 6.45) is 0.680. The summed E-state index contributed by atoms with van der Waals surface area (Å²) in [5.41, 5.74) is 2.34. The number of aromatic nitrogens is 1. The van der Waals surface area contributed by atoms with Gasteiger partial charge in [-0.25, -0.2) is 0 Å². The third-order valence-electron chi connectivity index (χ3n) is 3.14. The molecule has 1 atom stereocenters. The maximum Gasteiger partial charge on any atom is 0.257 e. The fraction of sp³-hybridized carbons (Fsp3) is 0.333. The van der Waals surface area contributed by atoms with Gasteiger partial charge < -0.3 is 9.84 Å². The molecule has 1 N–H and O–H groups in total. The maximum absolute atomic E-state index is 12.3. The summed E-state index contributed by atoms with van der Waals surface area (Å²) in [4.78, 5) is 12.3. The Morgan fingerprint density at radius 1 is 1.37 bits per heavy atom. The minimum Gasteiger partial charge on any atom is -0.361 e. The zero-order chi connectivity index (χ0) is 13.8. The lowest BCUT2D eigenvalue weighted by Crippen LogP contribution is -2.27. The van der Waals surface area contributed by atoms with Gasteiger partial charge in [-0.15, -0.1) is 0 Å². The van der Waals surface area contributed by atoms with Crippen LogP contribution in [0.25, 0.3) is 0 Å². The zero-order valence-corrected chi connectivity index (χ0v) is 11.4. The Bertz CT molecular complexity index is 561. The predicted molar refractivity (Wildman–Crippen MR) is 72.9 cm³/mol. The molecule has 0 fully saturated rings. The molecule has 0 radical (unpaired) electrons. The van der Waals surface area contributed by atoms with E-state index in [1.54, 1.807) is 6.92 Å². The van der Waals surface area contributed by atoms with Gasteiger partial charge in [0.1, 0.15) is 11.3 Å². The summed E-state index contributed by atoms with van der Waals surface area (Å²) in [6.45, 7) is 5.67. The third kappa shape index (κ3) is 2.84. The molecule has 0 saturated carbocycles. The van der Waals surface area contributed by atoms with Crippen molar-refractivity contribution in [2.45, 2.75) is 33.2 Å². The summed E-state index contributed by atoms with van der Waals surface area (Å²) in [5, 5.41) is 6.87. The fourth-order valence-electron chi connectivity index (χ4n) is 2.04. The first-order valence-electron chi connectivity index (χ1n) is 6.44. The maximum atomic E-state index is 12.3. The summed E-state index contributed by atoms with van der Waals surface area (Å²) < 4.78 is 5.08. The van der Waals surface area contributed by atoms with Crippen LogP contribution in [0.15, 0.2) is 34.9 Å². The van der Waals surface area contributed by atoms with Crippen molar-refractivity contribution in [1.29, 1.82) is 0 Å². The Balaban J connectivity index is 2.15. The molecular formula is C15H18N2O2. The Kier molecular flexibility index (Phi) is 4.00. The van der Waals surface area contributed by atoms with Crippen LogP contribution >= 0.6 is 0 Å². The van der Waals surface area contributed by atoms with Gasteiger partial charge in [0.15, 0.2) is 0 Å². The van der Waals surface area contributed by atoms with Crippen molar-refractivity contribution in [2.75, 3.05) is 0 Å². The summed E-state index contributed by atoms with van der Waals surface area (Å²) >= 11 is 0. The largest absolute Gasteiger partial charge is 0.361 e. The van der Waals surface area contributed by atoms with Crippen LogP contribution in [0.1, 0.15) is 47.3 Å². The van der Waals surface area contributed by atoms with E-state index in [2.05, 4.69) is 10.5 Å². The molecule has 0 aliphatic heterocycles. The molecule has 0 saturated heterocycles. The highest BCUT2D eigenvalue weighted by atomic mass is 16.5. The van der Waals surface area contributed by atoms with Gasteiger partial charge in [-0.2, -0.15) is 0 Å². The van der Waals surface area contributed by atoms with Gasteiger partial charge in [0.2, 0.25) is 0 Å². The van der Waals surface area contributed by atoms with Crippen molar-refractivity contribution in [2.24, 2.45) is 0 Å². The van der Waals surface area contributed by atoms with Crippen LogP contribution in [0.3, 0.4) is 0 Å². The minimum absolute atomic E-state index is 0.0484. The van der Waals surface area contributed by atoms with Crippen molar-refractivity contribution in [1.82, 2.24) is 10.5 Å². The smallest absolute Gasteiger partial charge is 0.257 e. The normalized spacial score (nSPS) is 12.2. The van der Waals surface area contributed by atoms with E-state index in [9.17, 15) is 4.79 Å².